The molecule has 3 aromatic rings. The minimum Gasteiger partial charge on any atom is -0.460 e. The molecule has 0 bridgehead atoms. The average molecular weight is 368 g/mol. The third-order valence-electron chi connectivity index (χ3n) is 3.75. The van der Waals surface area contributed by atoms with E-state index in [1.54, 1.807) is 6.92 Å². The Labute approximate surface area is 156 Å². The molecule has 0 aliphatic carbocycles. The van der Waals surface area contributed by atoms with Crippen LogP contribution in [0.3, 0.4) is 0 Å². The number of aliphatic hydroxyl groups is 1. The van der Waals surface area contributed by atoms with Crippen LogP contribution in [-0.4, -0.2) is 29.5 Å². The zero-order valence-corrected chi connectivity index (χ0v) is 15.3. The van der Waals surface area contributed by atoms with E-state index < -0.39 is 12.1 Å². The van der Waals surface area contributed by atoms with E-state index in [0.29, 0.717) is 11.3 Å². The van der Waals surface area contributed by atoms with E-state index in [2.05, 4.69) is 6.58 Å². The average Bonchev–Trinajstić information content (AvgIpc) is 3.08. The summed E-state index contributed by atoms with van der Waals surface area (Å²) in [5.74, 6) is 0.760. The predicted octanol–water partition coefficient (Wildman–Crippen LogP) is 4.67. The molecule has 1 atom stereocenters. The summed E-state index contributed by atoms with van der Waals surface area (Å²) in [7, 11) is 0. The number of rotatable bonds is 7. The maximum Gasteiger partial charge on any atom is 0.333 e. The lowest BCUT2D eigenvalue weighted by molar-refractivity contribution is -0.141. The Morgan fingerprint density at radius 2 is 2.00 bits per heavy atom. The number of fused-ring (bicyclic) bond motifs is 1. The minimum atomic E-state index is -0.740. The Balaban J connectivity index is 1.62. The van der Waals surface area contributed by atoms with Crippen LogP contribution in [0.1, 0.15) is 6.92 Å². The van der Waals surface area contributed by atoms with Gasteiger partial charge in [-0.1, -0.05) is 36.9 Å². The fourth-order valence-electron chi connectivity index (χ4n) is 2.38. The van der Waals surface area contributed by atoms with Gasteiger partial charge in [-0.05, 0) is 31.2 Å². The van der Waals surface area contributed by atoms with Crippen LogP contribution >= 0.6 is 11.8 Å². The fraction of sp³-hybridized carbons (Fsp3) is 0.190. The summed E-state index contributed by atoms with van der Waals surface area (Å²) < 4.78 is 10.9. The van der Waals surface area contributed by atoms with Gasteiger partial charge in [-0.15, -0.1) is 11.8 Å². The van der Waals surface area contributed by atoms with E-state index in [1.165, 1.54) is 11.8 Å². The van der Waals surface area contributed by atoms with Crippen molar-refractivity contribution in [1.82, 2.24) is 0 Å². The molecule has 1 unspecified atom stereocenters. The third-order valence-corrected chi connectivity index (χ3v) is 4.89. The fourth-order valence-corrected chi connectivity index (χ4v) is 3.22. The van der Waals surface area contributed by atoms with Crippen molar-refractivity contribution in [2.45, 2.75) is 17.9 Å². The summed E-state index contributed by atoms with van der Waals surface area (Å²) in [4.78, 5) is 12.3. The van der Waals surface area contributed by atoms with E-state index >= 15 is 0 Å². The van der Waals surface area contributed by atoms with Crippen molar-refractivity contribution in [3.8, 4) is 11.3 Å². The Hall–Kier alpha value is -2.50. The predicted molar refractivity (Wildman–Crippen MR) is 104 cm³/mol. The molecule has 0 saturated carbocycles. The van der Waals surface area contributed by atoms with E-state index in [9.17, 15) is 9.90 Å². The molecule has 3 rings (SSSR count). The Kier molecular flexibility index (Phi) is 5.81. The van der Waals surface area contributed by atoms with Gasteiger partial charge in [0.15, 0.2) is 0 Å². The summed E-state index contributed by atoms with van der Waals surface area (Å²) in [5, 5.41) is 11.0. The summed E-state index contributed by atoms with van der Waals surface area (Å²) in [5.41, 5.74) is 2.16. The summed E-state index contributed by atoms with van der Waals surface area (Å²) in [6.45, 7) is 5.04. The topological polar surface area (TPSA) is 59.7 Å². The SMILES string of the molecule is C=C(C)C(=O)OCC(O)CSc1ccc2cc(-c3ccccc3)oc2c1. The van der Waals surface area contributed by atoms with Gasteiger partial charge in [-0.3, -0.25) is 0 Å². The zero-order chi connectivity index (χ0) is 18.5. The van der Waals surface area contributed by atoms with Crippen LogP contribution in [0.2, 0.25) is 0 Å². The lowest BCUT2D eigenvalue weighted by Gasteiger charge is -2.11. The van der Waals surface area contributed by atoms with Gasteiger partial charge in [0.05, 0.1) is 6.10 Å². The van der Waals surface area contributed by atoms with Gasteiger partial charge in [0, 0.05) is 27.2 Å². The highest BCUT2D eigenvalue weighted by Crippen LogP contribution is 2.31. The highest BCUT2D eigenvalue weighted by atomic mass is 32.2. The number of furan rings is 1. The van der Waals surface area contributed by atoms with Crippen molar-refractivity contribution in [3.05, 3.63) is 66.7 Å². The Bertz CT molecular complexity index is 914. The smallest absolute Gasteiger partial charge is 0.333 e. The van der Waals surface area contributed by atoms with Crippen LogP contribution < -0.4 is 0 Å². The molecule has 5 heteroatoms. The summed E-state index contributed by atoms with van der Waals surface area (Å²) >= 11 is 1.48. The Morgan fingerprint density at radius 1 is 1.23 bits per heavy atom. The summed E-state index contributed by atoms with van der Waals surface area (Å²) in [6, 6.07) is 17.9. The van der Waals surface area contributed by atoms with E-state index in [0.717, 1.165) is 27.2 Å². The van der Waals surface area contributed by atoms with Crippen LogP contribution in [0.25, 0.3) is 22.3 Å². The standard InChI is InChI=1S/C21H20O4S/c1-14(2)21(23)24-12-17(22)13-26-18-9-8-16-10-19(25-20(16)11-18)15-6-4-3-5-7-15/h3-11,17,22H,1,12-13H2,2H3. The largest absolute Gasteiger partial charge is 0.460 e. The van der Waals surface area contributed by atoms with Gasteiger partial charge in [-0.25, -0.2) is 4.79 Å². The van der Waals surface area contributed by atoms with Crippen molar-refractivity contribution in [1.29, 1.82) is 0 Å². The van der Waals surface area contributed by atoms with E-state index in [4.69, 9.17) is 9.15 Å². The first kappa shape index (κ1) is 18.3. The first-order chi connectivity index (χ1) is 12.5. The molecular formula is C21H20O4S. The molecule has 26 heavy (non-hydrogen) atoms. The van der Waals surface area contributed by atoms with Gasteiger partial charge >= 0.3 is 5.97 Å². The molecule has 1 heterocycles. The molecule has 134 valence electrons. The molecule has 0 aliphatic rings. The first-order valence-corrected chi connectivity index (χ1v) is 9.24. The normalized spacial score (nSPS) is 12.1. The van der Waals surface area contributed by atoms with Crippen molar-refractivity contribution in [2.75, 3.05) is 12.4 Å². The maximum absolute atomic E-state index is 11.3. The summed E-state index contributed by atoms with van der Waals surface area (Å²) in [6.07, 6.45) is -0.740. The number of hydrogen-bond acceptors (Lipinski definition) is 5. The number of esters is 1. The number of carbonyl (C=O) groups is 1. The molecule has 1 N–H and O–H groups in total. The number of ether oxygens (including phenoxy) is 1. The van der Waals surface area contributed by atoms with Crippen LogP contribution in [-0.2, 0) is 9.53 Å². The lowest BCUT2D eigenvalue weighted by atomic mass is 10.1. The Morgan fingerprint density at radius 3 is 2.73 bits per heavy atom. The van der Waals surface area contributed by atoms with Gasteiger partial charge in [-0.2, -0.15) is 0 Å². The molecule has 4 nitrogen and oxygen atoms in total. The second kappa shape index (κ2) is 8.25. The molecule has 2 aromatic carbocycles. The van der Waals surface area contributed by atoms with Gasteiger partial charge in [0.2, 0.25) is 0 Å². The van der Waals surface area contributed by atoms with Crippen molar-refractivity contribution in [2.24, 2.45) is 0 Å². The number of carbonyl (C=O) groups excluding carboxylic acids is 1. The molecule has 0 spiro atoms. The monoisotopic (exact) mass is 368 g/mol. The molecule has 0 radical (unpaired) electrons. The highest BCUT2D eigenvalue weighted by Gasteiger charge is 2.11. The second-order valence-corrected chi connectivity index (χ2v) is 7.11. The number of aliphatic hydroxyl groups excluding tert-OH is 1. The number of thioether (sulfide) groups is 1. The van der Waals surface area contributed by atoms with Crippen LogP contribution in [0.5, 0.6) is 0 Å². The van der Waals surface area contributed by atoms with Crippen molar-refractivity contribution < 1.29 is 19.1 Å². The van der Waals surface area contributed by atoms with Crippen LogP contribution in [0.4, 0.5) is 0 Å². The third kappa shape index (κ3) is 4.56. The van der Waals surface area contributed by atoms with Gasteiger partial charge in [0.1, 0.15) is 18.0 Å². The molecule has 0 aliphatic heterocycles. The first-order valence-electron chi connectivity index (χ1n) is 8.25. The van der Waals surface area contributed by atoms with Crippen molar-refractivity contribution in [3.63, 3.8) is 0 Å². The molecule has 0 fully saturated rings. The minimum absolute atomic E-state index is 0.0418. The zero-order valence-electron chi connectivity index (χ0n) is 14.5. The van der Waals surface area contributed by atoms with Crippen molar-refractivity contribution >= 4 is 28.7 Å². The quantitative estimate of drug-likeness (QED) is 0.373. The van der Waals surface area contributed by atoms with E-state index in [1.807, 2.05) is 54.6 Å². The molecule has 0 amide bonds. The van der Waals surface area contributed by atoms with Crippen LogP contribution in [0, 0.1) is 0 Å². The lowest BCUT2D eigenvalue weighted by Crippen LogP contribution is -2.21. The molecule has 1 aromatic heterocycles. The van der Waals surface area contributed by atoms with Crippen LogP contribution in [0.15, 0.2) is 76.1 Å². The second-order valence-electron chi connectivity index (χ2n) is 6.02. The van der Waals surface area contributed by atoms with E-state index in [-0.39, 0.29) is 6.61 Å². The number of benzene rings is 2. The molecule has 0 saturated heterocycles. The highest BCUT2D eigenvalue weighted by molar-refractivity contribution is 7.99. The van der Waals surface area contributed by atoms with Gasteiger partial charge in [0.25, 0.3) is 0 Å². The number of hydrogen-bond donors (Lipinski definition) is 1. The van der Waals surface area contributed by atoms with Gasteiger partial charge < -0.3 is 14.3 Å². The maximum atomic E-state index is 11.3. The molecular weight excluding hydrogens is 348 g/mol.